The van der Waals surface area contributed by atoms with Crippen LogP contribution in [-0.4, -0.2) is 63.4 Å². The highest BCUT2D eigenvalue weighted by atomic mass is 16.5. The van der Waals surface area contributed by atoms with Crippen LogP contribution < -0.4 is 35.3 Å². The first-order chi connectivity index (χ1) is 25.1. The molecule has 13 heteroatoms. The van der Waals surface area contributed by atoms with E-state index in [1.807, 2.05) is 97.2 Å². The average molecular weight is 731 g/mol. The van der Waals surface area contributed by atoms with Crippen molar-refractivity contribution in [3.8, 4) is 23.0 Å². The molecular formula is C40H50N4O9. The second kappa shape index (κ2) is 32.2. The fourth-order valence-corrected chi connectivity index (χ4v) is 3.18. The molecule has 0 heterocycles. The number of benzene rings is 4. The van der Waals surface area contributed by atoms with Crippen molar-refractivity contribution in [2.24, 2.45) is 4.99 Å². The first kappa shape index (κ1) is 48.1. The second-order valence-electron chi connectivity index (χ2n) is 9.35. The minimum atomic E-state index is -0.833. The van der Waals surface area contributed by atoms with Gasteiger partial charge in [0.25, 0.3) is 5.97 Å². The summed E-state index contributed by atoms with van der Waals surface area (Å²) in [5, 5.41) is 21.2. The standard InChI is InChI=1S/C17H18N2O2.C10H11NO2.C7H9NO.C3H4O2.C2H4O2.CH4/c1-20-16-8-4-14(5-9-16)18-12-3-13-19-15-6-10-17(21-2)11-7-15;1-13-10-5-3-9(4-6-10)11-7-2-8-12;1-9-7-4-2-6(8)3-5-7;4-2-1-3-5;1-2(3)4;/h3-13,18H,1-2H3;2-8,11H,1H3;2-5H,8H2,1H3;1-4H;1H3,(H,3,4);1H4/b12-3+,19-13?;;;2-1-;;. The zero-order valence-electron chi connectivity index (χ0n) is 29.7. The molecule has 13 nitrogen and oxygen atoms in total. The zero-order valence-corrected chi connectivity index (χ0v) is 29.7. The van der Waals surface area contributed by atoms with Gasteiger partial charge in [0.1, 0.15) is 35.6 Å². The van der Waals surface area contributed by atoms with Crippen LogP contribution in [0.3, 0.4) is 0 Å². The number of anilines is 3. The van der Waals surface area contributed by atoms with Crippen LogP contribution in [0.1, 0.15) is 14.4 Å². The van der Waals surface area contributed by atoms with E-state index in [4.69, 9.17) is 44.5 Å². The summed E-state index contributed by atoms with van der Waals surface area (Å²) >= 11 is 0. The number of nitrogens with one attached hydrogen (secondary N) is 2. The van der Waals surface area contributed by atoms with Gasteiger partial charge in [-0.3, -0.25) is 19.4 Å². The summed E-state index contributed by atoms with van der Waals surface area (Å²) in [7, 11) is 6.55. The number of aliphatic hydroxyl groups is 1. The van der Waals surface area contributed by atoms with Crippen molar-refractivity contribution in [2.45, 2.75) is 14.4 Å². The molecule has 0 aliphatic carbocycles. The van der Waals surface area contributed by atoms with Gasteiger partial charge in [-0.15, -0.1) is 0 Å². The number of carbonyl (C=O) groups excluding carboxylic acids is 2. The largest absolute Gasteiger partial charge is 0.515 e. The molecule has 0 aliphatic heterocycles. The maximum atomic E-state index is 9.95. The monoisotopic (exact) mass is 730 g/mol. The molecule has 0 unspecified atom stereocenters. The summed E-state index contributed by atoms with van der Waals surface area (Å²) in [6.45, 7) is 1.08. The van der Waals surface area contributed by atoms with Gasteiger partial charge in [-0.05, 0) is 109 Å². The van der Waals surface area contributed by atoms with E-state index in [2.05, 4.69) is 15.6 Å². The molecule has 0 fully saturated rings. The van der Waals surface area contributed by atoms with Crippen LogP contribution >= 0.6 is 0 Å². The molecule has 0 saturated carbocycles. The Balaban J connectivity index is 0. The highest BCUT2D eigenvalue weighted by molar-refractivity contribution is 5.75. The molecule has 4 aromatic carbocycles. The number of aliphatic hydroxyl groups excluding tert-OH is 1. The topological polar surface area (TPSA) is 191 Å². The predicted molar refractivity (Wildman–Crippen MR) is 214 cm³/mol. The van der Waals surface area contributed by atoms with Crippen molar-refractivity contribution in [1.29, 1.82) is 0 Å². The van der Waals surface area contributed by atoms with Gasteiger partial charge in [-0.25, -0.2) is 0 Å². The molecule has 0 saturated heterocycles. The summed E-state index contributed by atoms with van der Waals surface area (Å²) in [4.78, 5) is 32.4. The smallest absolute Gasteiger partial charge is 0.300 e. The Labute approximate surface area is 311 Å². The number of nitrogen functional groups attached to an aromatic ring is 1. The lowest BCUT2D eigenvalue weighted by Crippen LogP contribution is -1.88. The third-order valence-electron chi connectivity index (χ3n) is 5.61. The van der Waals surface area contributed by atoms with Crippen LogP contribution in [0.25, 0.3) is 0 Å². The van der Waals surface area contributed by atoms with Gasteiger partial charge >= 0.3 is 0 Å². The Morgan fingerprint density at radius 1 is 0.623 bits per heavy atom. The minimum Gasteiger partial charge on any atom is -0.515 e. The molecule has 0 aliphatic rings. The number of carbonyl (C=O) groups is 3. The SMILES string of the molecule is C.CC(=O)O.COc1ccc(N)cc1.COc1ccc(N=C/C=C/Nc2ccc(OC)cc2)cc1.COc1ccc(NC=CC=O)cc1.O=C/C=C\O. The first-order valence-corrected chi connectivity index (χ1v) is 15.2. The molecule has 0 bridgehead atoms. The Morgan fingerprint density at radius 3 is 1.28 bits per heavy atom. The maximum Gasteiger partial charge on any atom is 0.300 e. The number of ether oxygens (including phenoxy) is 4. The molecular weight excluding hydrogens is 680 g/mol. The maximum absolute atomic E-state index is 9.95. The highest BCUT2D eigenvalue weighted by Crippen LogP contribution is 2.18. The Bertz CT molecular complexity index is 1630. The fraction of sp³-hybridized carbons (Fsp3) is 0.150. The summed E-state index contributed by atoms with van der Waals surface area (Å²) < 4.78 is 20.1. The number of hydrogen-bond donors (Lipinski definition) is 5. The Hall–Kier alpha value is -7.02. The fourth-order valence-electron chi connectivity index (χ4n) is 3.18. The molecule has 0 radical (unpaired) electrons. The molecule has 4 aromatic rings. The summed E-state index contributed by atoms with van der Waals surface area (Å²) in [5.41, 5.74) is 8.97. The summed E-state index contributed by atoms with van der Waals surface area (Å²) in [6.07, 6.45) is 11.3. The minimum absolute atomic E-state index is 0. The van der Waals surface area contributed by atoms with Crippen LogP contribution in [0, 0.1) is 0 Å². The van der Waals surface area contributed by atoms with Crippen molar-refractivity contribution in [3.05, 3.63) is 134 Å². The number of methoxy groups -OCH3 is 4. The number of aldehydes is 2. The molecule has 0 spiro atoms. The van der Waals surface area contributed by atoms with E-state index in [-0.39, 0.29) is 7.43 Å². The molecule has 53 heavy (non-hydrogen) atoms. The lowest BCUT2D eigenvalue weighted by atomic mass is 10.3. The van der Waals surface area contributed by atoms with Gasteiger partial charge in [0.05, 0.1) is 40.4 Å². The van der Waals surface area contributed by atoms with Crippen LogP contribution in [0.2, 0.25) is 0 Å². The molecule has 284 valence electrons. The molecule has 4 rings (SSSR count). The number of carboxylic acid groups (broad SMARTS) is 1. The molecule has 0 amide bonds. The van der Waals surface area contributed by atoms with E-state index < -0.39 is 5.97 Å². The molecule has 0 aromatic heterocycles. The second-order valence-corrected chi connectivity index (χ2v) is 9.35. The Morgan fingerprint density at radius 2 is 0.962 bits per heavy atom. The van der Waals surface area contributed by atoms with Crippen LogP contribution in [0.15, 0.2) is 139 Å². The zero-order chi connectivity index (χ0) is 38.8. The lowest BCUT2D eigenvalue weighted by molar-refractivity contribution is -0.134. The summed E-state index contributed by atoms with van der Waals surface area (Å²) in [6, 6.07) is 30.0. The van der Waals surface area contributed by atoms with Gasteiger partial charge < -0.3 is 45.5 Å². The number of rotatable bonds is 12. The van der Waals surface area contributed by atoms with Crippen molar-refractivity contribution >= 4 is 47.5 Å². The highest BCUT2D eigenvalue weighted by Gasteiger charge is 1.92. The van der Waals surface area contributed by atoms with Gasteiger partial charge in [0, 0.05) is 48.7 Å². The number of nitrogens with two attached hydrogens (primary N) is 1. The first-order valence-electron chi connectivity index (χ1n) is 15.2. The van der Waals surface area contributed by atoms with Crippen LogP contribution in [0.4, 0.5) is 22.7 Å². The van der Waals surface area contributed by atoms with Crippen molar-refractivity contribution in [3.63, 3.8) is 0 Å². The number of aliphatic imine (C=N–C) groups is 1. The molecule has 0 atom stereocenters. The van der Waals surface area contributed by atoms with E-state index in [1.54, 1.807) is 53.0 Å². The van der Waals surface area contributed by atoms with Crippen molar-refractivity contribution in [1.82, 2.24) is 0 Å². The van der Waals surface area contributed by atoms with E-state index in [1.165, 1.54) is 6.08 Å². The molecule has 6 N–H and O–H groups in total. The van der Waals surface area contributed by atoms with Crippen molar-refractivity contribution in [2.75, 3.05) is 44.8 Å². The number of nitrogens with zero attached hydrogens (tertiary/aromatic N) is 1. The normalized spacial score (nSPS) is 9.60. The third-order valence-corrected chi connectivity index (χ3v) is 5.61. The third kappa shape index (κ3) is 26.5. The number of allylic oxidation sites excluding steroid dienone is 3. The number of aliphatic carboxylic acids is 1. The lowest BCUT2D eigenvalue weighted by Gasteiger charge is -2.02. The van der Waals surface area contributed by atoms with E-state index in [0.29, 0.717) is 12.5 Å². The van der Waals surface area contributed by atoms with Gasteiger partial charge in [0.2, 0.25) is 0 Å². The predicted octanol–water partition coefficient (Wildman–Crippen LogP) is 8.11. The van der Waals surface area contributed by atoms with Crippen LogP contribution in [0.5, 0.6) is 23.0 Å². The van der Waals surface area contributed by atoms with Crippen LogP contribution in [-0.2, 0) is 14.4 Å². The average Bonchev–Trinajstić information content (AvgIpc) is 3.17. The summed E-state index contributed by atoms with van der Waals surface area (Å²) in [5.74, 6) is 2.48. The van der Waals surface area contributed by atoms with E-state index in [9.17, 15) is 4.79 Å². The van der Waals surface area contributed by atoms with Gasteiger partial charge in [0.15, 0.2) is 0 Å². The van der Waals surface area contributed by atoms with Gasteiger partial charge in [-0.2, -0.15) is 0 Å². The quantitative estimate of drug-likeness (QED) is 0.0310. The Kier molecular flexibility index (Phi) is 29.2. The number of hydrogen-bond acceptors (Lipinski definition) is 12. The van der Waals surface area contributed by atoms with Gasteiger partial charge in [-0.1, -0.05) is 7.43 Å². The van der Waals surface area contributed by atoms with Crippen molar-refractivity contribution < 1.29 is 43.5 Å². The van der Waals surface area contributed by atoms with E-state index in [0.717, 1.165) is 65.0 Å². The number of carboxylic acids is 1. The van der Waals surface area contributed by atoms with E-state index >= 15 is 0 Å².